The molecule has 0 atom stereocenters. The van der Waals surface area contributed by atoms with Crippen molar-refractivity contribution in [3.63, 3.8) is 0 Å². The minimum absolute atomic E-state index is 0.156. The highest BCUT2D eigenvalue weighted by Crippen LogP contribution is 2.14. The second kappa shape index (κ2) is 7.02. The number of nitrogens with zero attached hydrogens (tertiary/aromatic N) is 1. The van der Waals surface area contributed by atoms with Gasteiger partial charge >= 0.3 is 0 Å². The minimum Gasteiger partial charge on any atom is -0.351 e. The molecule has 0 saturated carbocycles. The Balaban J connectivity index is 1.51. The summed E-state index contributed by atoms with van der Waals surface area (Å²) in [4.78, 5) is 28.7. The molecular formula is C17H15N3O2S. The smallest absolute Gasteiger partial charge is 0.261 e. The SMILES string of the molecule is O=C(CCNC(=O)c1cccs1)Nc1ccc2ccccc2n1. The van der Waals surface area contributed by atoms with Crippen LogP contribution < -0.4 is 10.6 Å². The van der Waals surface area contributed by atoms with Gasteiger partial charge in [-0.05, 0) is 29.6 Å². The van der Waals surface area contributed by atoms with E-state index in [0.717, 1.165) is 10.9 Å². The first kappa shape index (κ1) is 15.2. The summed E-state index contributed by atoms with van der Waals surface area (Å²) in [5, 5.41) is 8.33. The summed E-state index contributed by atoms with van der Waals surface area (Å²) in [6.45, 7) is 0.288. The van der Waals surface area contributed by atoms with Gasteiger partial charge in [0.25, 0.3) is 5.91 Å². The zero-order valence-electron chi connectivity index (χ0n) is 12.3. The molecule has 0 spiro atoms. The van der Waals surface area contributed by atoms with Gasteiger partial charge in [-0.25, -0.2) is 4.98 Å². The first-order chi connectivity index (χ1) is 11.2. The van der Waals surface area contributed by atoms with E-state index >= 15 is 0 Å². The lowest BCUT2D eigenvalue weighted by molar-refractivity contribution is -0.116. The Kier molecular flexibility index (Phi) is 4.63. The number of hydrogen-bond donors (Lipinski definition) is 2. The summed E-state index contributed by atoms with van der Waals surface area (Å²) in [5.74, 6) is 0.175. The zero-order chi connectivity index (χ0) is 16.1. The molecule has 0 aliphatic heterocycles. The predicted octanol–water partition coefficient (Wildman–Crippen LogP) is 3.05. The van der Waals surface area contributed by atoms with Crippen molar-refractivity contribution in [2.24, 2.45) is 0 Å². The molecule has 2 N–H and O–H groups in total. The van der Waals surface area contributed by atoms with Gasteiger partial charge in [0.05, 0.1) is 10.4 Å². The van der Waals surface area contributed by atoms with Crippen LogP contribution in [0.1, 0.15) is 16.1 Å². The lowest BCUT2D eigenvalue weighted by Gasteiger charge is -2.06. The molecule has 0 bridgehead atoms. The molecule has 0 saturated heterocycles. The maximum Gasteiger partial charge on any atom is 0.261 e. The van der Waals surface area contributed by atoms with Crippen molar-refractivity contribution in [3.05, 3.63) is 58.8 Å². The maximum atomic E-state index is 11.9. The van der Waals surface area contributed by atoms with Crippen LogP contribution in [0.3, 0.4) is 0 Å². The van der Waals surface area contributed by atoms with Crippen LogP contribution in [0.2, 0.25) is 0 Å². The molecule has 0 unspecified atom stereocenters. The number of carbonyl (C=O) groups is 2. The van der Waals surface area contributed by atoms with E-state index in [9.17, 15) is 9.59 Å². The van der Waals surface area contributed by atoms with E-state index in [1.807, 2.05) is 41.8 Å². The Morgan fingerprint density at radius 3 is 2.74 bits per heavy atom. The second-order valence-electron chi connectivity index (χ2n) is 4.92. The third-order valence-electron chi connectivity index (χ3n) is 3.25. The monoisotopic (exact) mass is 325 g/mol. The molecule has 116 valence electrons. The highest BCUT2D eigenvalue weighted by molar-refractivity contribution is 7.12. The number of pyridine rings is 1. The Bertz CT molecular complexity index is 831. The Morgan fingerprint density at radius 2 is 1.91 bits per heavy atom. The lowest BCUT2D eigenvalue weighted by Crippen LogP contribution is -2.27. The third kappa shape index (κ3) is 3.92. The molecule has 2 aromatic heterocycles. The summed E-state index contributed by atoms with van der Waals surface area (Å²) in [6, 6.07) is 15.0. The van der Waals surface area contributed by atoms with Crippen LogP contribution in [0.5, 0.6) is 0 Å². The van der Waals surface area contributed by atoms with Crippen LogP contribution in [-0.4, -0.2) is 23.3 Å². The van der Waals surface area contributed by atoms with Crippen LogP contribution in [0.25, 0.3) is 10.9 Å². The van der Waals surface area contributed by atoms with Gasteiger partial charge in [-0.1, -0.05) is 24.3 Å². The molecule has 2 heterocycles. The fourth-order valence-corrected chi connectivity index (χ4v) is 2.77. The molecule has 5 nitrogen and oxygen atoms in total. The number of hydrogen-bond acceptors (Lipinski definition) is 4. The van der Waals surface area contributed by atoms with Gasteiger partial charge in [0, 0.05) is 18.4 Å². The molecule has 23 heavy (non-hydrogen) atoms. The number of nitrogens with one attached hydrogen (secondary N) is 2. The van der Waals surface area contributed by atoms with Crippen molar-refractivity contribution >= 4 is 39.9 Å². The fraction of sp³-hybridized carbons (Fsp3) is 0.118. The van der Waals surface area contributed by atoms with Gasteiger partial charge < -0.3 is 10.6 Å². The molecule has 0 aliphatic carbocycles. The fourth-order valence-electron chi connectivity index (χ4n) is 2.13. The number of carbonyl (C=O) groups excluding carboxylic acids is 2. The van der Waals surface area contributed by atoms with E-state index < -0.39 is 0 Å². The minimum atomic E-state index is -0.181. The number of fused-ring (bicyclic) bond motifs is 1. The molecular weight excluding hydrogens is 310 g/mol. The highest BCUT2D eigenvalue weighted by Gasteiger charge is 2.08. The number of amides is 2. The zero-order valence-corrected chi connectivity index (χ0v) is 13.1. The van der Waals surface area contributed by atoms with Crippen LogP contribution in [0.15, 0.2) is 53.9 Å². The average molecular weight is 325 g/mol. The van der Waals surface area contributed by atoms with Crippen LogP contribution >= 0.6 is 11.3 Å². The van der Waals surface area contributed by atoms with Crippen molar-refractivity contribution in [3.8, 4) is 0 Å². The second-order valence-corrected chi connectivity index (χ2v) is 5.87. The number of benzene rings is 1. The number of rotatable bonds is 5. The van der Waals surface area contributed by atoms with Crippen LogP contribution in [0.4, 0.5) is 5.82 Å². The molecule has 3 aromatic rings. The van der Waals surface area contributed by atoms with E-state index in [2.05, 4.69) is 15.6 Å². The summed E-state index contributed by atoms with van der Waals surface area (Å²) in [5.41, 5.74) is 0.830. The largest absolute Gasteiger partial charge is 0.351 e. The molecule has 3 rings (SSSR count). The van der Waals surface area contributed by atoms with Gasteiger partial charge in [0.15, 0.2) is 0 Å². The summed E-state index contributed by atoms with van der Waals surface area (Å²) in [7, 11) is 0. The Morgan fingerprint density at radius 1 is 1.04 bits per heavy atom. The van der Waals surface area contributed by atoms with E-state index in [1.54, 1.807) is 12.1 Å². The first-order valence-electron chi connectivity index (χ1n) is 7.20. The molecule has 2 amide bonds. The van der Waals surface area contributed by atoms with Gasteiger partial charge in [0.2, 0.25) is 5.91 Å². The van der Waals surface area contributed by atoms with Crippen molar-refractivity contribution in [2.45, 2.75) is 6.42 Å². The molecule has 0 fully saturated rings. The van der Waals surface area contributed by atoms with Crippen molar-refractivity contribution < 1.29 is 9.59 Å². The third-order valence-corrected chi connectivity index (χ3v) is 4.12. The standard InChI is InChI=1S/C17H15N3O2S/c21-16(9-10-18-17(22)14-6-3-11-23-14)20-15-8-7-12-4-1-2-5-13(12)19-15/h1-8,11H,9-10H2,(H,18,22)(H,19,20,21). The lowest BCUT2D eigenvalue weighted by atomic mass is 10.2. The van der Waals surface area contributed by atoms with Gasteiger partial charge in [-0.3, -0.25) is 9.59 Å². The summed E-state index contributed by atoms with van der Waals surface area (Å²) in [6.07, 6.45) is 0.200. The Labute approximate surface area is 137 Å². The van der Waals surface area contributed by atoms with Crippen LogP contribution in [0, 0.1) is 0 Å². The normalized spacial score (nSPS) is 10.4. The van der Waals surface area contributed by atoms with E-state index in [4.69, 9.17) is 0 Å². The van der Waals surface area contributed by atoms with Gasteiger partial charge in [-0.15, -0.1) is 11.3 Å². The first-order valence-corrected chi connectivity index (χ1v) is 8.08. The van der Waals surface area contributed by atoms with E-state index in [1.165, 1.54) is 11.3 Å². The molecule has 0 radical (unpaired) electrons. The van der Waals surface area contributed by atoms with Crippen molar-refractivity contribution in [2.75, 3.05) is 11.9 Å². The maximum absolute atomic E-state index is 11.9. The average Bonchev–Trinajstić information content (AvgIpc) is 3.09. The number of thiophene rings is 1. The number of anilines is 1. The molecule has 0 aliphatic rings. The highest BCUT2D eigenvalue weighted by atomic mass is 32.1. The molecule has 6 heteroatoms. The summed E-state index contributed by atoms with van der Waals surface area (Å²) < 4.78 is 0. The topological polar surface area (TPSA) is 71.1 Å². The Hall–Kier alpha value is -2.73. The van der Waals surface area contributed by atoms with E-state index in [0.29, 0.717) is 10.7 Å². The number of para-hydroxylation sites is 1. The number of aromatic nitrogens is 1. The quantitative estimate of drug-likeness (QED) is 0.757. The summed E-state index contributed by atoms with van der Waals surface area (Å²) >= 11 is 1.37. The van der Waals surface area contributed by atoms with Gasteiger partial charge in [-0.2, -0.15) is 0 Å². The van der Waals surface area contributed by atoms with Crippen LogP contribution in [-0.2, 0) is 4.79 Å². The van der Waals surface area contributed by atoms with Crippen molar-refractivity contribution in [1.29, 1.82) is 0 Å². The van der Waals surface area contributed by atoms with Crippen molar-refractivity contribution in [1.82, 2.24) is 10.3 Å². The van der Waals surface area contributed by atoms with Gasteiger partial charge in [0.1, 0.15) is 5.82 Å². The van der Waals surface area contributed by atoms with E-state index in [-0.39, 0.29) is 24.8 Å². The molecule has 1 aromatic carbocycles. The predicted molar refractivity (Wildman–Crippen MR) is 91.6 cm³/mol.